The Morgan fingerprint density at radius 1 is 1.13 bits per heavy atom. The van der Waals surface area contributed by atoms with Gasteiger partial charge >= 0.3 is 6.09 Å². The molecular formula is C23H26N4O3. The van der Waals surface area contributed by atoms with E-state index < -0.39 is 17.7 Å². The maximum Gasteiger partial charge on any atom is 0.411 e. The van der Waals surface area contributed by atoms with Crippen LogP contribution in [0.4, 0.5) is 4.79 Å². The molecule has 1 aromatic heterocycles. The first-order valence-electron chi connectivity index (χ1n) is 10.1. The van der Waals surface area contributed by atoms with Crippen molar-refractivity contribution in [2.45, 2.75) is 51.9 Å². The van der Waals surface area contributed by atoms with Gasteiger partial charge in [-0.1, -0.05) is 36.4 Å². The highest BCUT2D eigenvalue weighted by molar-refractivity contribution is 5.86. The van der Waals surface area contributed by atoms with Gasteiger partial charge in [-0.2, -0.15) is 0 Å². The topological polar surface area (TPSA) is 87.3 Å². The number of amides is 2. The van der Waals surface area contributed by atoms with E-state index >= 15 is 0 Å². The second kappa shape index (κ2) is 7.82. The van der Waals surface area contributed by atoms with Gasteiger partial charge in [0, 0.05) is 6.42 Å². The average molecular weight is 406 g/mol. The lowest BCUT2D eigenvalue weighted by Crippen LogP contribution is -2.53. The van der Waals surface area contributed by atoms with E-state index in [4.69, 9.17) is 4.74 Å². The second-order valence-electron chi connectivity index (χ2n) is 8.52. The number of aromatic amines is 1. The van der Waals surface area contributed by atoms with Gasteiger partial charge in [0.05, 0.1) is 24.1 Å². The van der Waals surface area contributed by atoms with Crippen molar-refractivity contribution in [3.63, 3.8) is 0 Å². The summed E-state index contributed by atoms with van der Waals surface area (Å²) in [5.74, 6) is 0.445. The van der Waals surface area contributed by atoms with Gasteiger partial charge < -0.3 is 15.0 Å². The van der Waals surface area contributed by atoms with Crippen LogP contribution in [0.3, 0.4) is 0 Å². The van der Waals surface area contributed by atoms with Gasteiger partial charge in [-0.25, -0.2) is 9.78 Å². The summed E-state index contributed by atoms with van der Waals surface area (Å²) in [4.78, 5) is 35.1. The Bertz CT molecular complexity index is 1050. The minimum atomic E-state index is -0.640. The smallest absolute Gasteiger partial charge is 0.411 e. The standard InChI is InChI=1S/C23H26N4O3/c1-23(2,3)30-22(29)27-14-16-9-5-4-8-15(16)12-19(27)21(28)24-13-20-25-17-10-6-7-11-18(17)26-20/h4-11,19H,12-14H2,1-3H3,(H,24,28)(H,25,26)/t19-/m0/s1. The third-order valence-electron chi connectivity index (χ3n) is 5.05. The summed E-state index contributed by atoms with van der Waals surface area (Å²) < 4.78 is 5.56. The molecule has 7 heteroatoms. The summed E-state index contributed by atoms with van der Waals surface area (Å²) in [6.07, 6.45) is -0.0395. The first-order valence-corrected chi connectivity index (χ1v) is 10.1. The molecule has 3 aromatic rings. The molecule has 0 unspecified atom stereocenters. The van der Waals surface area contributed by atoms with E-state index in [2.05, 4.69) is 15.3 Å². The molecule has 1 aliphatic heterocycles. The number of hydrogen-bond acceptors (Lipinski definition) is 4. The molecule has 0 fully saturated rings. The largest absolute Gasteiger partial charge is 0.444 e. The fraction of sp³-hybridized carbons (Fsp3) is 0.348. The molecule has 0 radical (unpaired) electrons. The molecule has 4 rings (SSSR count). The van der Waals surface area contributed by atoms with Gasteiger partial charge in [-0.3, -0.25) is 9.69 Å². The highest BCUT2D eigenvalue weighted by Gasteiger charge is 2.36. The van der Waals surface area contributed by atoms with Gasteiger partial charge in [0.1, 0.15) is 17.5 Å². The molecule has 2 aromatic carbocycles. The number of aromatic nitrogens is 2. The second-order valence-corrected chi connectivity index (χ2v) is 8.52. The van der Waals surface area contributed by atoms with Crippen molar-refractivity contribution < 1.29 is 14.3 Å². The first kappa shape index (κ1) is 19.9. The maximum absolute atomic E-state index is 13.1. The Balaban J connectivity index is 1.52. The Labute approximate surface area is 175 Å². The van der Waals surface area contributed by atoms with E-state index in [0.717, 1.165) is 22.2 Å². The van der Waals surface area contributed by atoms with Crippen molar-refractivity contribution in [3.8, 4) is 0 Å². The van der Waals surface area contributed by atoms with Crippen LogP contribution in [-0.4, -0.2) is 38.5 Å². The number of para-hydroxylation sites is 2. The minimum Gasteiger partial charge on any atom is -0.444 e. The van der Waals surface area contributed by atoms with Crippen LogP contribution in [0.2, 0.25) is 0 Å². The van der Waals surface area contributed by atoms with Gasteiger partial charge in [0.15, 0.2) is 0 Å². The lowest BCUT2D eigenvalue weighted by Gasteiger charge is -2.36. The van der Waals surface area contributed by atoms with Crippen LogP contribution in [0.1, 0.15) is 37.7 Å². The summed E-state index contributed by atoms with van der Waals surface area (Å²) in [7, 11) is 0. The van der Waals surface area contributed by atoms with E-state index in [1.807, 2.05) is 69.3 Å². The number of imidazole rings is 1. The van der Waals surface area contributed by atoms with E-state index in [1.165, 1.54) is 4.90 Å². The monoisotopic (exact) mass is 406 g/mol. The number of H-pyrrole nitrogens is 1. The fourth-order valence-electron chi connectivity index (χ4n) is 3.65. The van der Waals surface area contributed by atoms with Crippen molar-refractivity contribution in [1.29, 1.82) is 0 Å². The molecule has 2 N–H and O–H groups in total. The number of carbonyl (C=O) groups excluding carboxylic acids is 2. The molecule has 0 saturated carbocycles. The van der Waals surface area contributed by atoms with Crippen molar-refractivity contribution >= 4 is 23.0 Å². The molecule has 156 valence electrons. The molecule has 1 atom stereocenters. The van der Waals surface area contributed by atoms with Crippen LogP contribution in [0, 0.1) is 0 Å². The number of ether oxygens (including phenoxy) is 1. The Morgan fingerprint density at radius 3 is 2.57 bits per heavy atom. The van der Waals surface area contributed by atoms with Gasteiger partial charge in [0.25, 0.3) is 0 Å². The molecule has 7 nitrogen and oxygen atoms in total. The average Bonchev–Trinajstić information content (AvgIpc) is 3.13. The molecule has 1 aliphatic rings. The number of nitrogens with zero attached hydrogens (tertiary/aromatic N) is 2. The van der Waals surface area contributed by atoms with E-state index in [9.17, 15) is 9.59 Å². The number of hydrogen-bond donors (Lipinski definition) is 2. The van der Waals surface area contributed by atoms with E-state index in [0.29, 0.717) is 18.8 Å². The van der Waals surface area contributed by atoms with Gasteiger partial charge in [-0.15, -0.1) is 0 Å². The predicted octanol–water partition coefficient (Wildman–Crippen LogP) is 3.54. The molecule has 2 heterocycles. The lowest BCUT2D eigenvalue weighted by atomic mass is 9.94. The van der Waals surface area contributed by atoms with Crippen LogP contribution in [0.15, 0.2) is 48.5 Å². The zero-order valence-corrected chi connectivity index (χ0v) is 17.4. The molecule has 0 aliphatic carbocycles. The summed E-state index contributed by atoms with van der Waals surface area (Å²) in [6.45, 7) is 6.06. The zero-order valence-electron chi connectivity index (χ0n) is 17.4. The van der Waals surface area contributed by atoms with Crippen molar-refractivity contribution in [3.05, 3.63) is 65.5 Å². The summed E-state index contributed by atoms with van der Waals surface area (Å²) >= 11 is 0. The summed E-state index contributed by atoms with van der Waals surface area (Å²) in [6, 6.07) is 14.9. The molecule has 30 heavy (non-hydrogen) atoms. The van der Waals surface area contributed by atoms with Crippen LogP contribution in [0.5, 0.6) is 0 Å². The van der Waals surface area contributed by atoms with Crippen molar-refractivity contribution in [1.82, 2.24) is 20.2 Å². The SMILES string of the molecule is CC(C)(C)OC(=O)N1Cc2ccccc2C[C@H]1C(=O)NCc1nc2ccccc2[nH]1. The first-order chi connectivity index (χ1) is 14.3. The number of rotatable bonds is 3. The van der Waals surface area contributed by atoms with Crippen LogP contribution < -0.4 is 5.32 Å². The zero-order chi connectivity index (χ0) is 21.3. The quantitative estimate of drug-likeness (QED) is 0.696. The van der Waals surface area contributed by atoms with Crippen LogP contribution in [0.25, 0.3) is 11.0 Å². The van der Waals surface area contributed by atoms with E-state index in [1.54, 1.807) is 0 Å². The number of fused-ring (bicyclic) bond motifs is 2. The highest BCUT2D eigenvalue weighted by Crippen LogP contribution is 2.25. The number of nitrogens with one attached hydrogen (secondary N) is 2. The number of benzene rings is 2. The molecule has 0 saturated heterocycles. The Kier molecular flexibility index (Phi) is 5.20. The van der Waals surface area contributed by atoms with Crippen LogP contribution >= 0.6 is 0 Å². The van der Waals surface area contributed by atoms with Gasteiger partial charge in [0.2, 0.25) is 5.91 Å². The maximum atomic E-state index is 13.1. The van der Waals surface area contributed by atoms with Crippen molar-refractivity contribution in [2.75, 3.05) is 0 Å². The highest BCUT2D eigenvalue weighted by atomic mass is 16.6. The third-order valence-corrected chi connectivity index (χ3v) is 5.05. The fourth-order valence-corrected chi connectivity index (χ4v) is 3.65. The molecule has 0 spiro atoms. The number of carbonyl (C=O) groups is 2. The van der Waals surface area contributed by atoms with Crippen molar-refractivity contribution in [2.24, 2.45) is 0 Å². The van der Waals surface area contributed by atoms with Crippen LogP contribution in [-0.2, 0) is 29.0 Å². The third kappa shape index (κ3) is 4.30. The molecule has 0 bridgehead atoms. The normalized spacial score (nSPS) is 16.2. The Morgan fingerprint density at radius 2 is 1.83 bits per heavy atom. The summed E-state index contributed by atoms with van der Waals surface area (Å²) in [5.41, 5.74) is 3.24. The predicted molar refractivity (Wildman–Crippen MR) is 114 cm³/mol. The van der Waals surface area contributed by atoms with Gasteiger partial charge in [-0.05, 0) is 44.0 Å². The molecule has 2 amide bonds. The lowest BCUT2D eigenvalue weighted by molar-refractivity contribution is -0.127. The summed E-state index contributed by atoms with van der Waals surface area (Å²) in [5, 5.41) is 2.93. The van der Waals surface area contributed by atoms with E-state index in [-0.39, 0.29) is 12.5 Å². The Hall–Kier alpha value is -3.35. The minimum absolute atomic E-state index is 0.226. The molecular weight excluding hydrogens is 380 g/mol.